The number of likely N-dealkylation sites (tertiary alicyclic amines) is 1. The maximum absolute atomic E-state index is 11.2. The standard InChI is InChI=1S/C13H21N3O/c1-3-16-7-5-4-6-12(16)8-11-9-13(10(2)17)15-14-11/h9,12H,3-8H2,1-2H3,(H,14,15). The number of aromatic amines is 1. The first-order chi connectivity index (χ1) is 8.20. The maximum atomic E-state index is 11.2. The number of rotatable bonds is 4. The minimum Gasteiger partial charge on any atom is -0.300 e. The molecule has 0 aliphatic carbocycles. The van der Waals surface area contributed by atoms with Crippen LogP contribution in [0.4, 0.5) is 0 Å². The number of hydrogen-bond acceptors (Lipinski definition) is 3. The van der Waals surface area contributed by atoms with Gasteiger partial charge in [-0.15, -0.1) is 0 Å². The molecule has 0 saturated carbocycles. The molecule has 1 unspecified atom stereocenters. The van der Waals surface area contributed by atoms with E-state index in [1.807, 2.05) is 6.07 Å². The van der Waals surface area contributed by atoms with E-state index < -0.39 is 0 Å². The molecule has 1 atom stereocenters. The largest absolute Gasteiger partial charge is 0.300 e. The number of H-pyrrole nitrogens is 1. The van der Waals surface area contributed by atoms with Crippen LogP contribution in [0.2, 0.25) is 0 Å². The van der Waals surface area contributed by atoms with Gasteiger partial charge in [0, 0.05) is 25.1 Å². The van der Waals surface area contributed by atoms with Gasteiger partial charge in [0.2, 0.25) is 0 Å². The second-order valence-electron chi connectivity index (χ2n) is 4.82. The molecule has 0 radical (unpaired) electrons. The van der Waals surface area contributed by atoms with Gasteiger partial charge in [0.25, 0.3) is 0 Å². The SMILES string of the molecule is CCN1CCCCC1Cc1cc(C(C)=O)n[nH]1. The molecule has 1 aromatic rings. The Morgan fingerprint density at radius 2 is 2.41 bits per heavy atom. The van der Waals surface area contributed by atoms with Gasteiger partial charge in [-0.3, -0.25) is 9.89 Å². The summed E-state index contributed by atoms with van der Waals surface area (Å²) in [5, 5.41) is 7.02. The third kappa shape index (κ3) is 2.94. The summed E-state index contributed by atoms with van der Waals surface area (Å²) in [5.41, 5.74) is 1.64. The van der Waals surface area contributed by atoms with E-state index >= 15 is 0 Å². The molecule has 1 aromatic heterocycles. The number of aromatic nitrogens is 2. The number of nitrogens with one attached hydrogen (secondary N) is 1. The molecule has 0 bridgehead atoms. The number of ketones is 1. The average molecular weight is 235 g/mol. The first kappa shape index (κ1) is 12.3. The molecule has 0 amide bonds. The highest BCUT2D eigenvalue weighted by molar-refractivity contribution is 5.92. The molecule has 1 aliphatic heterocycles. The Balaban J connectivity index is 2.00. The maximum Gasteiger partial charge on any atom is 0.179 e. The second-order valence-corrected chi connectivity index (χ2v) is 4.82. The van der Waals surface area contributed by atoms with Crippen molar-refractivity contribution in [1.29, 1.82) is 0 Å². The summed E-state index contributed by atoms with van der Waals surface area (Å²) >= 11 is 0. The fourth-order valence-corrected chi connectivity index (χ4v) is 2.61. The van der Waals surface area contributed by atoms with E-state index in [0.717, 1.165) is 18.7 Å². The number of likely N-dealkylation sites (N-methyl/N-ethyl adjacent to an activating group) is 1. The van der Waals surface area contributed by atoms with Crippen molar-refractivity contribution in [3.05, 3.63) is 17.5 Å². The number of Topliss-reactive ketones (excluding diaryl/α,β-unsaturated/α-hetero) is 1. The lowest BCUT2D eigenvalue weighted by Crippen LogP contribution is -2.40. The van der Waals surface area contributed by atoms with Crippen molar-refractivity contribution in [2.75, 3.05) is 13.1 Å². The van der Waals surface area contributed by atoms with Gasteiger partial charge in [-0.05, 0) is 32.0 Å². The van der Waals surface area contributed by atoms with Crippen molar-refractivity contribution in [2.45, 2.75) is 45.6 Å². The van der Waals surface area contributed by atoms with Crippen LogP contribution in [0.3, 0.4) is 0 Å². The summed E-state index contributed by atoms with van der Waals surface area (Å²) in [6, 6.07) is 2.50. The Kier molecular flexibility index (Phi) is 3.94. The van der Waals surface area contributed by atoms with Crippen molar-refractivity contribution < 1.29 is 4.79 Å². The highest BCUT2D eigenvalue weighted by Gasteiger charge is 2.21. The van der Waals surface area contributed by atoms with Crippen LogP contribution in [0, 0.1) is 0 Å². The molecule has 17 heavy (non-hydrogen) atoms. The van der Waals surface area contributed by atoms with Crippen molar-refractivity contribution in [3.63, 3.8) is 0 Å². The minimum absolute atomic E-state index is 0.0310. The first-order valence-electron chi connectivity index (χ1n) is 6.50. The van der Waals surface area contributed by atoms with Crippen molar-refractivity contribution >= 4 is 5.78 Å². The molecule has 4 nitrogen and oxygen atoms in total. The highest BCUT2D eigenvalue weighted by atomic mass is 16.1. The van der Waals surface area contributed by atoms with E-state index in [0.29, 0.717) is 11.7 Å². The summed E-state index contributed by atoms with van der Waals surface area (Å²) in [6.45, 7) is 6.08. The number of carbonyl (C=O) groups excluding carboxylic acids is 1. The normalized spacial score (nSPS) is 21.6. The molecule has 1 fully saturated rings. The molecule has 1 N–H and O–H groups in total. The third-order valence-electron chi connectivity index (χ3n) is 3.60. The van der Waals surface area contributed by atoms with E-state index in [2.05, 4.69) is 22.0 Å². The number of hydrogen-bond donors (Lipinski definition) is 1. The number of nitrogens with zero attached hydrogens (tertiary/aromatic N) is 2. The zero-order valence-electron chi connectivity index (χ0n) is 10.7. The molecule has 94 valence electrons. The third-order valence-corrected chi connectivity index (χ3v) is 3.60. The van der Waals surface area contributed by atoms with E-state index in [1.165, 1.54) is 25.8 Å². The van der Waals surface area contributed by atoms with E-state index in [9.17, 15) is 4.79 Å². The quantitative estimate of drug-likeness (QED) is 0.812. The van der Waals surface area contributed by atoms with Crippen LogP contribution in [0.1, 0.15) is 49.3 Å². The predicted octanol–water partition coefficient (Wildman–Crippen LogP) is 2.03. The van der Waals surface area contributed by atoms with Crippen molar-refractivity contribution in [1.82, 2.24) is 15.1 Å². The molecular formula is C13H21N3O. The molecule has 0 aromatic carbocycles. The average Bonchev–Trinajstić information content (AvgIpc) is 2.78. The summed E-state index contributed by atoms with van der Waals surface area (Å²) < 4.78 is 0. The Bertz CT molecular complexity index is 386. The first-order valence-corrected chi connectivity index (χ1v) is 6.50. The summed E-state index contributed by atoms with van der Waals surface area (Å²) in [7, 11) is 0. The molecule has 4 heteroatoms. The van der Waals surface area contributed by atoms with Crippen LogP contribution in [0.5, 0.6) is 0 Å². The molecule has 1 saturated heterocycles. The van der Waals surface area contributed by atoms with Crippen LogP contribution in [-0.4, -0.2) is 40.0 Å². The summed E-state index contributed by atoms with van der Waals surface area (Å²) in [4.78, 5) is 13.7. The Morgan fingerprint density at radius 3 is 3.06 bits per heavy atom. The van der Waals surface area contributed by atoms with Crippen LogP contribution in [-0.2, 0) is 6.42 Å². The van der Waals surface area contributed by atoms with Crippen LogP contribution < -0.4 is 0 Å². The van der Waals surface area contributed by atoms with Gasteiger partial charge in [0.1, 0.15) is 5.69 Å². The second kappa shape index (κ2) is 5.45. The molecule has 2 heterocycles. The van der Waals surface area contributed by atoms with Gasteiger partial charge in [-0.25, -0.2) is 0 Å². The highest BCUT2D eigenvalue weighted by Crippen LogP contribution is 2.19. The van der Waals surface area contributed by atoms with Gasteiger partial charge in [0.15, 0.2) is 5.78 Å². The van der Waals surface area contributed by atoms with E-state index in [-0.39, 0.29) is 5.78 Å². The fourth-order valence-electron chi connectivity index (χ4n) is 2.61. The van der Waals surface area contributed by atoms with Crippen molar-refractivity contribution in [2.24, 2.45) is 0 Å². The lowest BCUT2D eigenvalue weighted by Gasteiger charge is -2.34. The topological polar surface area (TPSA) is 49.0 Å². The zero-order chi connectivity index (χ0) is 12.3. The summed E-state index contributed by atoms with van der Waals surface area (Å²) in [6.07, 6.45) is 4.86. The van der Waals surface area contributed by atoms with Crippen LogP contribution in [0.25, 0.3) is 0 Å². The van der Waals surface area contributed by atoms with Gasteiger partial charge < -0.3 is 4.90 Å². The Morgan fingerprint density at radius 1 is 1.59 bits per heavy atom. The van der Waals surface area contributed by atoms with Gasteiger partial charge in [0.05, 0.1) is 0 Å². The van der Waals surface area contributed by atoms with Crippen LogP contribution >= 0.6 is 0 Å². The molecule has 1 aliphatic rings. The number of carbonyl (C=O) groups is 1. The fraction of sp³-hybridized carbons (Fsp3) is 0.692. The van der Waals surface area contributed by atoms with Gasteiger partial charge >= 0.3 is 0 Å². The smallest absolute Gasteiger partial charge is 0.179 e. The van der Waals surface area contributed by atoms with E-state index in [1.54, 1.807) is 6.92 Å². The number of piperidine rings is 1. The zero-order valence-corrected chi connectivity index (χ0v) is 10.7. The molecule has 0 spiro atoms. The predicted molar refractivity (Wildman–Crippen MR) is 67.2 cm³/mol. The van der Waals surface area contributed by atoms with Crippen molar-refractivity contribution in [3.8, 4) is 0 Å². The lowest BCUT2D eigenvalue weighted by molar-refractivity contribution is 0.101. The Labute approximate surface area is 102 Å². The van der Waals surface area contributed by atoms with Crippen LogP contribution in [0.15, 0.2) is 6.07 Å². The Hall–Kier alpha value is -1.16. The van der Waals surface area contributed by atoms with Gasteiger partial charge in [-0.2, -0.15) is 5.10 Å². The summed E-state index contributed by atoms with van der Waals surface area (Å²) in [5.74, 6) is 0.0310. The van der Waals surface area contributed by atoms with E-state index in [4.69, 9.17) is 0 Å². The monoisotopic (exact) mass is 235 g/mol. The minimum atomic E-state index is 0.0310. The molecular weight excluding hydrogens is 214 g/mol. The lowest BCUT2D eigenvalue weighted by atomic mass is 9.98. The van der Waals surface area contributed by atoms with Gasteiger partial charge in [-0.1, -0.05) is 13.3 Å². The molecule has 2 rings (SSSR count).